The van der Waals surface area contributed by atoms with Crippen LogP contribution in [0.5, 0.6) is 0 Å². The van der Waals surface area contributed by atoms with Gasteiger partial charge in [-0.05, 0) is 17.5 Å². The molecule has 0 unspecified atom stereocenters. The highest BCUT2D eigenvalue weighted by molar-refractivity contribution is 5.99. The minimum atomic E-state index is -0.0744. The van der Waals surface area contributed by atoms with E-state index in [1.807, 2.05) is 60.7 Å². The molecule has 0 saturated carbocycles. The molecule has 1 amide bonds. The maximum atomic E-state index is 12.6. The highest BCUT2D eigenvalue weighted by Crippen LogP contribution is 2.23. The molecular formula is C25H31NO2. The molecule has 0 saturated heterocycles. The fourth-order valence-corrected chi connectivity index (χ4v) is 3.19. The Balaban J connectivity index is 2.22. The van der Waals surface area contributed by atoms with Gasteiger partial charge in [0.25, 0.3) is 0 Å². The lowest BCUT2D eigenvalue weighted by molar-refractivity contribution is -0.126. The predicted molar refractivity (Wildman–Crippen MR) is 115 cm³/mol. The topological polar surface area (TPSA) is 37.4 Å². The van der Waals surface area contributed by atoms with Crippen molar-refractivity contribution in [3.05, 3.63) is 77.9 Å². The number of nitrogens with zero attached hydrogens (tertiary/aromatic N) is 1. The van der Waals surface area contributed by atoms with Crippen molar-refractivity contribution in [3.8, 4) is 0 Å². The summed E-state index contributed by atoms with van der Waals surface area (Å²) >= 11 is 0. The molecule has 0 N–H and O–H groups in total. The summed E-state index contributed by atoms with van der Waals surface area (Å²) in [5.74, 6) is 0.00404. The van der Waals surface area contributed by atoms with E-state index in [0.717, 1.165) is 24.0 Å². The second-order valence-electron chi connectivity index (χ2n) is 7.12. The van der Waals surface area contributed by atoms with Crippen LogP contribution in [0.1, 0.15) is 63.5 Å². The molecule has 0 aliphatic carbocycles. The van der Waals surface area contributed by atoms with E-state index < -0.39 is 0 Å². The van der Waals surface area contributed by atoms with Crippen LogP contribution in [0.2, 0.25) is 0 Å². The van der Waals surface area contributed by atoms with Crippen molar-refractivity contribution in [1.29, 1.82) is 0 Å². The van der Waals surface area contributed by atoms with E-state index in [-0.39, 0.29) is 11.7 Å². The van der Waals surface area contributed by atoms with E-state index in [4.69, 9.17) is 0 Å². The van der Waals surface area contributed by atoms with E-state index in [1.54, 1.807) is 17.9 Å². The quantitative estimate of drug-likeness (QED) is 0.355. The molecule has 0 aliphatic rings. The van der Waals surface area contributed by atoms with Crippen LogP contribution in [0.3, 0.4) is 0 Å². The Hall–Kier alpha value is -2.68. The molecule has 0 bridgehead atoms. The van der Waals surface area contributed by atoms with Crippen LogP contribution < -0.4 is 0 Å². The van der Waals surface area contributed by atoms with Crippen molar-refractivity contribution in [1.82, 2.24) is 4.90 Å². The van der Waals surface area contributed by atoms with E-state index in [2.05, 4.69) is 6.92 Å². The number of rotatable bonds is 11. The van der Waals surface area contributed by atoms with Crippen molar-refractivity contribution >= 4 is 17.4 Å². The van der Waals surface area contributed by atoms with Crippen LogP contribution in [0, 0.1) is 0 Å². The second-order valence-corrected chi connectivity index (χ2v) is 7.12. The van der Waals surface area contributed by atoms with E-state index in [0.29, 0.717) is 18.7 Å². The number of carbonyl (C=O) groups is 2. The SMILES string of the molecule is CCCCCCCC(=O)/C=C(\c1ccccc1)N(Cc1ccccc1)C(C)=O. The standard InChI is InChI=1S/C25H31NO2/c1-3-4-5-6-13-18-24(28)19-25(23-16-11-8-12-17-23)26(21(2)27)20-22-14-9-7-10-15-22/h7-12,14-17,19H,3-6,13,18,20H2,1-2H3/b25-19+. The average Bonchev–Trinajstić information content (AvgIpc) is 2.71. The Bertz CT molecular complexity index is 766. The van der Waals surface area contributed by atoms with Crippen LogP contribution in [0.25, 0.3) is 5.70 Å². The Kier molecular flexibility index (Phi) is 9.20. The Morgan fingerprint density at radius 1 is 0.857 bits per heavy atom. The number of ketones is 1. The molecule has 3 heteroatoms. The van der Waals surface area contributed by atoms with E-state index >= 15 is 0 Å². The number of carbonyl (C=O) groups excluding carboxylic acids is 2. The molecule has 0 aromatic heterocycles. The minimum Gasteiger partial charge on any atom is -0.308 e. The molecular weight excluding hydrogens is 346 g/mol. The van der Waals surface area contributed by atoms with Crippen LogP contribution in [0.15, 0.2) is 66.7 Å². The number of hydrogen-bond donors (Lipinski definition) is 0. The largest absolute Gasteiger partial charge is 0.308 e. The van der Waals surface area contributed by atoms with Gasteiger partial charge in [0.05, 0.1) is 12.2 Å². The molecule has 0 spiro atoms. The summed E-state index contributed by atoms with van der Waals surface area (Å²) in [5, 5.41) is 0. The summed E-state index contributed by atoms with van der Waals surface area (Å²) in [5.41, 5.74) is 2.59. The van der Waals surface area contributed by atoms with Gasteiger partial charge in [0, 0.05) is 19.4 Å². The van der Waals surface area contributed by atoms with Crippen molar-refractivity contribution in [2.45, 2.75) is 58.9 Å². The first kappa shape index (κ1) is 21.6. The average molecular weight is 378 g/mol. The van der Waals surface area contributed by atoms with Crippen LogP contribution >= 0.6 is 0 Å². The fraction of sp³-hybridized carbons (Fsp3) is 0.360. The zero-order valence-electron chi connectivity index (χ0n) is 17.1. The van der Waals surface area contributed by atoms with E-state index in [1.165, 1.54) is 19.3 Å². The maximum Gasteiger partial charge on any atom is 0.224 e. The van der Waals surface area contributed by atoms with Gasteiger partial charge < -0.3 is 4.90 Å². The van der Waals surface area contributed by atoms with Gasteiger partial charge in [-0.3, -0.25) is 9.59 Å². The Morgan fingerprint density at radius 3 is 2.07 bits per heavy atom. The lowest BCUT2D eigenvalue weighted by Crippen LogP contribution is -2.27. The first-order chi connectivity index (χ1) is 13.6. The lowest BCUT2D eigenvalue weighted by Gasteiger charge is -2.25. The molecule has 0 heterocycles. The normalized spacial score (nSPS) is 11.3. The molecule has 2 rings (SSSR count). The highest BCUT2D eigenvalue weighted by Gasteiger charge is 2.18. The molecule has 148 valence electrons. The molecule has 0 radical (unpaired) electrons. The molecule has 28 heavy (non-hydrogen) atoms. The number of allylic oxidation sites excluding steroid dienone is 1. The predicted octanol–water partition coefficient (Wildman–Crippen LogP) is 6.01. The van der Waals surface area contributed by atoms with Gasteiger partial charge in [0.15, 0.2) is 5.78 Å². The van der Waals surface area contributed by atoms with Gasteiger partial charge in [0.2, 0.25) is 5.91 Å². The third-order valence-electron chi connectivity index (χ3n) is 4.75. The molecule has 0 atom stereocenters. The van der Waals surface area contributed by atoms with Gasteiger partial charge in [-0.15, -0.1) is 0 Å². The second kappa shape index (κ2) is 11.9. The lowest BCUT2D eigenvalue weighted by atomic mass is 10.0. The summed E-state index contributed by atoms with van der Waals surface area (Å²) in [6.45, 7) is 4.18. The monoisotopic (exact) mass is 377 g/mol. The molecule has 3 nitrogen and oxygen atoms in total. The van der Waals surface area contributed by atoms with E-state index in [9.17, 15) is 9.59 Å². The molecule has 2 aromatic carbocycles. The summed E-state index contributed by atoms with van der Waals surface area (Å²) in [6.07, 6.45) is 7.74. The Morgan fingerprint density at radius 2 is 1.46 bits per heavy atom. The Labute approximate surface area is 169 Å². The molecule has 0 fully saturated rings. The van der Waals surface area contributed by atoms with Gasteiger partial charge >= 0.3 is 0 Å². The van der Waals surface area contributed by atoms with Gasteiger partial charge in [-0.2, -0.15) is 0 Å². The van der Waals surface area contributed by atoms with Gasteiger partial charge in [0.1, 0.15) is 0 Å². The summed E-state index contributed by atoms with van der Waals surface area (Å²) in [7, 11) is 0. The smallest absolute Gasteiger partial charge is 0.224 e. The van der Waals surface area contributed by atoms with Crippen molar-refractivity contribution < 1.29 is 9.59 Å². The van der Waals surface area contributed by atoms with Crippen LogP contribution in [-0.2, 0) is 16.1 Å². The number of benzene rings is 2. The third-order valence-corrected chi connectivity index (χ3v) is 4.75. The zero-order chi connectivity index (χ0) is 20.2. The van der Waals surface area contributed by atoms with Gasteiger partial charge in [-0.25, -0.2) is 0 Å². The molecule has 2 aromatic rings. The maximum absolute atomic E-state index is 12.6. The van der Waals surface area contributed by atoms with Crippen molar-refractivity contribution in [2.24, 2.45) is 0 Å². The van der Waals surface area contributed by atoms with Crippen molar-refractivity contribution in [2.75, 3.05) is 0 Å². The van der Waals surface area contributed by atoms with Crippen molar-refractivity contribution in [3.63, 3.8) is 0 Å². The number of unbranched alkanes of at least 4 members (excludes halogenated alkanes) is 4. The first-order valence-electron chi connectivity index (χ1n) is 10.2. The highest BCUT2D eigenvalue weighted by atomic mass is 16.2. The molecule has 0 aliphatic heterocycles. The van der Waals surface area contributed by atoms with Crippen LogP contribution in [-0.4, -0.2) is 16.6 Å². The first-order valence-corrected chi connectivity index (χ1v) is 10.2. The number of hydrogen-bond acceptors (Lipinski definition) is 2. The fourth-order valence-electron chi connectivity index (χ4n) is 3.19. The van der Waals surface area contributed by atoms with Gasteiger partial charge in [-0.1, -0.05) is 93.3 Å². The summed E-state index contributed by atoms with van der Waals surface area (Å²) < 4.78 is 0. The summed E-state index contributed by atoms with van der Waals surface area (Å²) in [6, 6.07) is 19.6. The third kappa shape index (κ3) is 7.15. The number of amides is 1. The summed E-state index contributed by atoms with van der Waals surface area (Å²) in [4.78, 5) is 26.8. The zero-order valence-corrected chi connectivity index (χ0v) is 17.1. The minimum absolute atomic E-state index is 0.0744. The van der Waals surface area contributed by atoms with Crippen LogP contribution in [0.4, 0.5) is 0 Å².